The molecular formula is C9H12N2OS. The van der Waals surface area contributed by atoms with E-state index in [2.05, 4.69) is 9.97 Å². The quantitative estimate of drug-likeness (QED) is 0.773. The van der Waals surface area contributed by atoms with E-state index in [9.17, 15) is 5.11 Å². The van der Waals surface area contributed by atoms with E-state index in [0.717, 1.165) is 23.5 Å². The molecule has 2 atom stereocenters. The fourth-order valence-corrected chi connectivity index (χ4v) is 2.83. The molecule has 3 nitrogen and oxygen atoms in total. The van der Waals surface area contributed by atoms with Gasteiger partial charge in [-0.15, -0.1) is 0 Å². The molecule has 2 rings (SSSR count). The van der Waals surface area contributed by atoms with Crippen molar-refractivity contribution < 1.29 is 5.11 Å². The second-order valence-electron chi connectivity index (χ2n) is 3.24. The van der Waals surface area contributed by atoms with Gasteiger partial charge in [-0.1, -0.05) is 0 Å². The Balaban J connectivity index is 2.08. The van der Waals surface area contributed by atoms with Gasteiger partial charge >= 0.3 is 0 Å². The topological polar surface area (TPSA) is 46.0 Å². The normalized spacial score (nSPS) is 24.5. The molecule has 2 heterocycles. The lowest BCUT2D eigenvalue weighted by molar-refractivity contribution is 0.120. The SMILES string of the molecule is OC(c1cncnc1)C1CCSC1. The maximum absolute atomic E-state index is 9.93. The lowest BCUT2D eigenvalue weighted by atomic mass is 9.97. The summed E-state index contributed by atoms with van der Waals surface area (Å²) in [7, 11) is 0. The average molecular weight is 196 g/mol. The highest BCUT2D eigenvalue weighted by Crippen LogP contribution is 2.33. The summed E-state index contributed by atoms with van der Waals surface area (Å²) >= 11 is 1.90. The van der Waals surface area contributed by atoms with E-state index in [1.54, 1.807) is 12.4 Å². The number of aliphatic hydroxyl groups excluding tert-OH is 1. The molecule has 1 fully saturated rings. The third kappa shape index (κ3) is 2.00. The Morgan fingerprint density at radius 3 is 2.85 bits per heavy atom. The van der Waals surface area contributed by atoms with Crippen LogP contribution in [0.5, 0.6) is 0 Å². The van der Waals surface area contributed by atoms with Crippen LogP contribution in [-0.2, 0) is 0 Å². The van der Waals surface area contributed by atoms with Gasteiger partial charge in [-0.3, -0.25) is 0 Å². The van der Waals surface area contributed by atoms with E-state index < -0.39 is 0 Å². The lowest BCUT2D eigenvalue weighted by Crippen LogP contribution is -2.12. The van der Waals surface area contributed by atoms with Gasteiger partial charge in [-0.2, -0.15) is 11.8 Å². The van der Waals surface area contributed by atoms with Crippen molar-refractivity contribution in [3.63, 3.8) is 0 Å². The highest BCUT2D eigenvalue weighted by atomic mass is 32.2. The van der Waals surface area contributed by atoms with Gasteiger partial charge in [0.1, 0.15) is 6.33 Å². The van der Waals surface area contributed by atoms with Crippen molar-refractivity contribution in [3.05, 3.63) is 24.3 Å². The third-order valence-corrected chi connectivity index (χ3v) is 3.52. The van der Waals surface area contributed by atoms with Crippen LogP contribution in [0, 0.1) is 5.92 Å². The van der Waals surface area contributed by atoms with E-state index in [0.29, 0.717) is 5.92 Å². The van der Waals surface area contributed by atoms with Crippen LogP contribution < -0.4 is 0 Å². The predicted molar refractivity (Wildman–Crippen MR) is 52.4 cm³/mol. The molecule has 1 aromatic rings. The summed E-state index contributed by atoms with van der Waals surface area (Å²) in [4.78, 5) is 7.80. The van der Waals surface area contributed by atoms with Gasteiger partial charge in [0, 0.05) is 18.0 Å². The first-order valence-corrected chi connectivity index (χ1v) is 5.54. The van der Waals surface area contributed by atoms with Crippen molar-refractivity contribution in [3.8, 4) is 0 Å². The summed E-state index contributed by atoms with van der Waals surface area (Å²) in [5.74, 6) is 2.60. The smallest absolute Gasteiger partial charge is 0.115 e. The Bertz CT molecular complexity index is 262. The molecule has 1 N–H and O–H groups in total. The number of nitrogens with zero attached hydrogens (tertiary/aromatic N) is 2. The summed E-state index contributed by atoms with van der Waals surface area (Å²) in [5, 5.41) is 9.93. The molecule has 2 unspecified atom stereocenters. The van der Waals surface area contributed by atoms with Gasteiger partial charge in [0.15, 0.2) is 0 Å². The predicted octanol–water partition coefficient (Wildman–Crippen LogP) is 1.26. The Morgan fingerprint density at radius 2 is 2.23 bits per heavy atom. The number of aromatic nitrogens is 2. The summed E-state index contributed by atoms with van der Waals surface area (Å²) in [6.45, 7) is 0. The molecule has 1 aromatic heterocycles. The molecule has 13 heavy (non-hydrogen) atoms. The maximum Gasteiger partial charge on any atom is 0.115 e. The largest absolute Gasteiger partial charge is 0.388 e. The Kier molecular flexibility index (Phi) is 2.80. The van der Waals surface area contributed by atoms with E-state index in [4.69, 9.17) is 0 Å². The molecule has 1 aliphatic heterocycles. The van der Waals surface area contributed by atoms with Crippen molar-refractivity contribution >= 4 is 11.8 Å². The highest BCUT2D eigenvalue weighted by molar-refractivity contribution is 7.99. The number of rotatable bonds is 2. The first-order valence-electron chi connectivity index (χ1n) is 4.38. The van der Waals surface area contributed by atoms with E-state index in [-0.39, 0.29) is 6.10 Å². The van der Waals surface area contributed by atoms with E-state index in [1.165, 1.54) is 6.33 Å². The van der Waals surface area contributed by atoms with Crippen LogP contribution in [0.25, 0.3) is 0 Å². The second kappa shape index (κ2) is 4.07. The van der Waals surface area contributed by atoms with Gasteiger partial charge in [-0.05, 0) is 23.8 Å². The molecule has 1 aliphatic rings. The second-order valence-corrected chi connectivity index (χ2v) is 4.39. The van der Waals surface area contributed by atoms with Gasteiger partial charge < -0.3 is 5.11 Å². The molecule has 0 aliphatic carbocycles. The molecule has 0 saturated carbocycles. The van der Waals surface area contributed by atoms with Crippen molar-refractivity contribution in [2.45, 2.75) is 12.5 Å². The Hall–Kier alpha value is -0.610. The zero-order valence-corrected chi connectivity index (χ0v) is 8.07. The van der Waals surface area contributed by atoms with Gasteiger partial charge in [-0.25, -0.2) is 9.97 Å². The molecule has 0 amide bonds. The number of hydrogen-bond donors (Lipinski definition) is 1. The molecule has 4 heteroatoms. The van der Waals surface area contributed by atoms with Gasteiger partial charge in [0.2, 0.25) is 0 Å². The van der Waals surface area contributed by atoms with Crippen LogP contribution in [-0.4, -0.2) is 26.6 Å². The monoisotopic (exact) mass is 196 g/mol. The molecular weight excluding hydrogens is 184 g/mol. The minimum absolute atomic E-state index is 0.379. The molecule has 70 valence electrons. The molecule has 0 radical (unpaired) electrons. The lowest BCUT2D eigenvalue weighted by Gasteiger charge is -2.15. The average Bonchev–Trinajstić information content (AvgIpc) is 2.71. The van der Waals surface area contributed by atoms with Crippen LogP contribution in [0.1, 0.15) is 18.1 Å². The number of thioether (sulfide) groups is 1. The van der Waals surface area contributed by atoms with Crippen molar-refractivity contribution in [1.82, 2.24) is 9.97 Å². The van der Waals surface area contributed by atoms with E-state index >= 15 is 0 Å². The van der Waals surface area contributed by atoms with Crippen molar-refractivity contribution in [2.75, 3.05) is 11.5 Å². The van der Waals surface area contributed by atoms with Crippen LogP contribution in [0.15, 0.2) is 18.7 Å². The van der Waals surface area contributed by atoms with Gasteiger partial charge in [0.05, 0.1) is 6.10 Å². The molecule has 0 aromatic carbocycles. The summed E-state index contributed by atoms with van der Waals surface area (Å²) in [6.07, 6.45) is 5.60. The molecule has 1 saturated heterocycles. The standard InChI is InChI=1S/C9H12N2OS/c12-9(7-1-2-13-5-7)8-3-10-6-11-4-8/h3-4,6-7,9,12H,1-2,5H2. The summed E-state index contributed by atoms with van der Waals surface area (Å²) in [6, 6.07) is 0. The van der Waals surface area contributed by atoms with E-state index in [1.807, 2.05) is 11.8 Å². The zero-order chi connectivity index (χ0) is 9.10. The summed E-state index contributed by atoms with van der Waals surface area (Å²) in [5.41, 5.74) is 0.843. The number of hydrogen-bond acceptors (Lipinski definition) is 4. The zero-order valence-electron chi connectivity index (χ0n) is 7.26. The fraction of sp³-hybridized carbons (Fsp3) is 0.556. The van der Waals surface area contributed by atoms with Crippen molar-refractivity contribution in [2.24, 2.45) is 5.92 Å². The van der Waals surface area contributed by atoms with Gasteiger partial charge in [0.25, 0.3) is 0 Å². The Labute approximate surface area is 81.6 Å². The van der Waals surface area contributed by atoms with Crippen LogP contribution >= 0.6 is 11.8 Å². The fourth-order valence-electron chi connectivity index (χ4n) is 1.54. The van der Waals surface area contributed by atoms with Crippen molar-refractivity contribution in [1.29, 1.82) is 0 Å². The molecule has 0 bridgehead atoms. The summed E-state index contributed by atoms with van der Waals surface area (Å²) < 4.78 is 0. The first-order chi connectivity index (χ1) is 6.38. The first kappa shape index (κ1) is 8.97. The van der Waals surface area contributed by atoms with Crippen LogP contribution in [0.3, 0.4) is 0 Å². The maximum atomic E-state index is 9.93. The molecule has 0 spiro atoms. The van der Waals surface area contributed by atoms with Crippen LogP contribution in [0.2, 0.25) is 0 Å². The minimum Gasteiger partial charge on any atom is -0.388 e. The Morgan fingerprint density at radius 1 is 1.46 bits per heavy atom. The highest BCUT2D eigenvalue weighted by Gasteiger charge is 2.24. The third-order valence-electron chi connectivity index (χ3n) is 2.33. The van der Waals surface area contributed by atoms with Crippen LogP contribution in [0.4, 0.5) is 0 Å². The minimum atomic E-state index is -0.379. The number of aliphatic hydroxyl groups is 1.